The van der Waals surface area contributed by atoms with Gasteiger partial charge in [0.15, 0.2) is 0 Å². The standard InChI is InChI=1S/C25H27FIN5O/c1-2-5-21(27)25(33)32-13-4-6-18(16-32)24-30-22(17-9-11-28-12-10-17)15-23(31-24)29-20-8-3-7-19(26)14-20/h3,7-12,14-15,18,21H,2,4-6,13,16H2,1H3,(H,29,30,31). The van der Waals surface area contributed by atoms with Gasteiger partial charge >= 0.3 is 0 Å². The van der Waals surface area contributed by atoms with Gasteiger partial charge in [-0.1, -0.05) is 42.0 Å². The van der Waals surface area contributed by atoms with Gasteiger partial charge in [-0.15, -0.1) is 0 Å². The monoisotopic (exact) mass is 559 g/mol. The average molecular weight is 559 g/mol. The number of hydrogen-bond donors (Lipinski definition) is 1. The van der Waals surface area contributed by atoms with E-state index < -0.39 is 0 Å². The van der Waals surface area contributed by atoms with E-state index in [0.29, 0.717) is 23.9 Å². The number of halogens is 2. The topological polar surface area (TPSA) is 71.0 Å². The van der Waals surface area contributed by atoms with Gasteiger partial charge in [0.2, 0.25) is 5.91 Å². The third-order valence-corrected chi connectivity index (χ3v) is 6.88. The van der Waals surface area contributed by atoms with Crippen LogP contribution in [0.15, 0.2) is 54.9 Å². The molecule has 3 heterocycles. The zero-order chi connectivity index (χ0) is 23.2. The Hall–Kier alpha value is -2.62. The smallest absolute Gasteiger partial charge is 0.235 e. The maximum Gasteiger partial charge on any atom is 0.235 e. The number of hydrogen-bond acceptors (Lipinski definition) is 5. The second-order valence-electron chi connectivity index (χ2n) is 8.25. The van der Waals surface area contributed by atoms with Crippen molar-refractivity contribution in [3.8, 4) is 11.3 Å². The van der Waals surface area contributed by atoms with E-state index in [2.05, 4.69) is 39.8 Å². The number of likely N-dealkylation sites (tertiary alicyclic amines) is 1. The number of anilines is 2. The third-order valence-electron chi connectivity index (χ3n) is 5.72. The Bertz CT molecular complexity index is 1100. The summed E-state index contributed by atoms with van der Waals surface area (Å²) in [7, 11) is 0. The van der Waals surface area contributed by atoms with E-state index in [0.717, 1.165) is 43.5 Å². The summed E-state index contributed by atoms with van der Waals surface area (Å²) in [4.78, 5) is 28.6. The van der Waals surface area contributed by atoms with Crippen molar-refractivity contribution < 1.29 is 9.18 Å². The number of carbonyl (C=O) groups is 1. The van der Waals surface area contributed by atoms with Gasteiger partial charge in [-0.2, -0.15) is 0 Å². The number of rotatable bonds is 7. The highest BCUT2D eigenvalue weighted by Gasteiger charge is 2.29. The molecular formula is C25H27FIN5O. The molecule has 0 radical (unpaired) electrons. The van der Waals surface area contributed by atoms with Crippen LogP contribution in [0.3, 0.4) is 0 Å². The summed E-state index contributed by atoms with van der Waals surface area (Å²) in [6, 6.07) is 12.0. The van der Waals surface area contributed by atoms with E-state index in [9.17, 15) is 9.18 Å². The highest BCUT2D eigenvalue weighted by molar-refractivity contribution is 14.1. The molecule has 4 rings (SSSR count). The molecule has 1 fully saturated rings. The van der Waals surface area contributed by atoms with Crippen LogP contribution in [0.25, 0.3) is 11.3 Å². The summed E-state index contributed by atoms with van der Waals surface area (Å²) in [6.07, 6.45) is 7.17. The van der Waals surface area contributed by atoms with Crippen molar-refractivity contribution in [3.05, 3.63) is 66.5 Å². The van der Waals surface area contributed by atoms with E-state index in [-0.39, 0.29) is 21.6 Å². The van der Waals surface area contributed by atoms with Crippen molar-refractivity contribution in [2.24, 2.45) is 0 Å². The number of nitrogens with one attached hydrogen (secondary N) is 1. The van der Waals surface area contributed by atoms with Crippen LogP contribution in [0.5, 0.6) is 0 Å². The molecule has 2 unspecified atom stereocenters. The molecule has 8 heteroatoms. The molecule has 2 atom stereocenters. The number of piperidine rings is 1. The van der Waals surface area contributed by atoms with E-state index in [1.807, 2.05) is 23.1 Å². The van der Waals surface area contributed by atoms with Crippen LogP contribution >= 0.6 is 22.6 Å². The van der Waals surface area contributed by atoms with Gasteiger partial charge in [0, 0.05) is 48.7 Å². The first-order valence-electron chi connectivity index (χ1n) is 11.3. The Kier molecular flexibility index (Phi) is 7.85. The third kappa shape index (κ3) is 6.04. The lowest BCUT2D eigenvalue weighted by Crippen LogP contribution is -2.43. The SMILES string of the molecule is CCCC(I)C(=O)N1CCCC(c2nc(Nc3cccc(F)c3)cc(-c3ccncc3)n2)C1. The molecule has 3 aromatic rings. The van der Waals surface area contributed by atoms with Crippen molar-refractivity contribution in [2.75, 3.05) is 18.4 Å². The van der Waals surface area contributed by atoms with E-state index in [1.54, 1.807) is 24.5 Å². The normalized spacial score (nSPS) is 16.9. The average Bonchev–Trinajstić information content (AvgIpc) is 2.84. The minimum Gasteiger partial charge on any atom is -0.341 e. The second kappa shape index (κ2) is 11.0. The van der Waals surface area contributed by atoms with Crippen molar-refractivity contribution >= 4 is 40.0 Å². The van der Waals surface area contributed by atoms with Gasteiger partial charge in [-0.05, 0) is 49.6 Å². The first kappa shape index (κ1) is 23.5. The molecule has 1 N–H and O–H groups in total. The molecule has 0 saturated carbocycles. The predicted molar refractivity (Wildman–Crippen MR) is 136 cm³/mol. The van der Waals surface area contributed by atoms with Crippen molar-refractivity contribution in [1.82, 2.24) is 19.9 Å². The molecule has 1 aliphatic heterocycles. The number of benzene rings is 1. The number of nitrogens with zero attached hydrogens (tertiary/aromatic N) is 4. The molecule has 0 bridgehead atoms. The molecule has 2 aromatic heterocycles. The molecule has 172 valence electrons. The summed E-state index contributed by atoms with van der Waals surface area (Å²) in [5.74, 6) is 1.22. The Labute approximate surface area is 207 Å². The van der Waals surface area contributed by atoms with Gasteiger partial charge in [0.05, 0.1) is 9.62 Å². The highest BCUT2D eigenvalue weighted by Crippen LogP contribution is 2.30. The van der Waals surface area contributed by atoms with Crippen LogP contribution in [0, 0.1) is 5.82 Å². The number of carbonyl (C=O) groups excluding carboxylic acids is 1. The summed E-state index contributed by atoms with van der Waals surface area (Å²) in [5, 5.41) is 3.21. The minimum absolute atomic E-state index is 0.000580. The molecule has 1 amide bonds. The second-order valence-corrected chi connectivity index (χ2v) is 9.75. The lowest BCUT2D eigenvalue weighted by molar-refractivity contribution is -0.131. The molecule has 33 heavy (non-hydrogen) atoms. The summed E-state index contributed by atoms with van der Waals surface area (Å²) in [6.45, 7) is 3.49. The molecule has 6 nitrogen and oxygen atoms in total. The van der Waals surface area contributed by atoms with E-state index >= 15 is 0 Å². The lowest BCUT2D eigenvalue weighted by Gasteiger charge is -2.33. The van der Waals surface area contributed by atoms with Gasteiger partial charge in [-0.3, -0.25) is 9.78 Å². The first-order chi connectivity index (χ1) is 16.0. The first-order valence-corrected chi connectivity index (χ1v) is 12.5. The number of pyridine rings is 1. The van der Waals surface area contributed by atoms with Crippen LogP contribution in [-0.4, -0.2) is 42.8 Å². The summed E-state index contributed by atoms with van der Waals surface area (Å²) >= 11 is 2.26. The molecule has 1 aromatic carbocycles. The molecule has 0 aliphatic carbocycles. The fraction of sp³-hybridized carbons (Fsp3) is 0.360. The zero-order valence-electron chi connectivity index (χ0n) is 18.5. The lowest BCUT2D eigenvalue weighted by atomic mass is 9.96. The molecular weight excluding hydrogens is 532 g/mol. The zero-order valence-corrected chi connectivity index (χ0v) is 20.7. The van der Waals surface area contributed by atoms with Gasteiger partial charge < -0.3 is 10.2 Å². The minimum atomic E-state index is -0.314. The van der Waals surface area contributed by atoms with Crippen LogP contribution in [0.4, 0.5) is 15.9 Å². The fourth-order valence-electron chi connectivity index (χ4n) is 4.06. The van der Waals surface area contributed by atoms with Crippen molar-refractivity contribution in [2.45, 2.75) is 42.4 Å². The van der Waals surface area contributed by atoms with Crippen LogP contribution in [0.2, 0.25) is 0 Å². The van der Waals surface area contributed by atoms with E-state index in [1.165, 1.54) is 12.1 Å². The maximum absolute atomic E-state index is 13.7. The Morgan fingerprint density at radius 3 is 2.82 bits per heavy atom. The van der Waals surface area contributed by atoms with Gasteiger partial charge in [-0.25, -0.2) is 14.4 Å². The molecule has 1 saturated heterocycles. The van der Waals surface area contributed by atoms with Gasteiger partial charge in [0.25, 0.3) is 0 Å². The molecule has 1 aliphatic rings. The Morgan fingerprint density at radius 2 is 2.06 bits per heavy atom. The van der Waals surface area contributed by atoms with Crippen LogP contribution in [-0.2, 0) is 4.79 Å². The summed E-state index contributed by atoms with van der Waals surface area (Å²) < 4.78 is 13.7. The Balaban J connectivity index is 1.64. The number of aromatic nitrogens is 3. The largest absolute Gasteiger partial charge is 0.341 e. The van der Waals surface area contributed by atoms with E-state index in [4.69, 9.17) is 9.97 Å². The van der Waals surface area contributed by atoms with Crippen molar-refractivity contribution in [3.63, 3.8) is 0 Å². The fourth-order valence-corrected chi connectivity index (χ4v) is 5.08. The quantitative estimate of drug-likeness (QED) is 0.296. The Morgan fingerprint density at radius 1 is 1.24 bits per heavy atom. The van der Waals surface area contributed by atoms with Crippen molar-refractivity contribution in [1.29, 1.82) is 0 Å². The van der Waals surface area contributed by atoms with Crippen LogP contribution in [0.1, 0.15) is 44.3 Å². The highest BCUT2D eigenvalue weighted by atomic mass is 127. The van der Waals surface area contributed by atoms with Gasteiger partial charge in [0.1, 0.15) is 17.5 Å². The number of alkyl halides is 1. The van der Waals surface area contributed by atoms with Crippen LogP contribution < -0.4 is 5.32 Å². The summed E-state index contributed by atoms with van der Waals surface area (Å²) in [5.41, 5.74) is 2.31. The number of amides is 1. The molecule has 0 spiro atoms. The predicted octanol–water partition coefficient (Wildman–Crippen LogP) is 5.73. The maximum atomic E-state index is 13.7.